The van der Waals surface area contributed by atoms with E-state index in [4.69, 9.17) is 5.73 Å². The van der Waals surface area contributed by atoms with E-state index in [0.29, 0.717) is 6.54 Å². The molecule has 17 heavy (non-hydrogen) atoms. The Labute approximate surface area is 105 Å². The van der Waals surface area contributed by atoms with Gasteiger partial charge in [0.1, 0.15) is 0 Å². The third-order valence-electron chi connectivity index (χ3n) is 2.53. The van der Waals surface area contributed by atoms with Crippen LogP contribution in [0.3, 0.4) is 0 Å². The SMILES string of the molecule is CC(N)CCNC(=O)c1cc2ccccc2s1. The molecule has 0 aliphatic carbocycles. The largest absolute Gasteiger partial charge is 0.351 e. The third kappa shape index (κ3) is 3.05. The lowest BCUT2D eigenvalue weighted by Crippen LogP contribution is -2.28. The van der Waals surface area contributed by atoms with Crippen LogP contribution >= 0.6 is 11.3 Å². The molecule has 2 rings (SSSR count). The molecule has 1 aromatic carbocycles. The summed E-state index contributed by atoms with van der Waals surface area (Å²) < 4.78 is 1.14. The molecule has 3 N–H and O–H groups in total. The first-order valence-electron chi connectivity index (χ1n) is 5.69. The normalized spacial score (nSPS) is 12.6. The minimum atomic E-state index is -0.00755. The molecule has 1 heterocycles. The summed E-state index contributed by atoms with van der Waals surface area (Å²) in [7, 11) is 0. The van der Waals surface area contributed by atoms with Crippen LogP contribution in [0.4, 0.5) is 0 Å². The molecule has 3 nitrogen and oxygen atoms in total. The molecular weight excluding hydrogens is 232 g/mol. The van der Waals surface area contributed by atoms with Gasteiger partial charge in [-0.3, -0.25) is 4.79 Å². The van der Waals surface area contributed by atoms with Crippen LogP contribution in [-0.2, 0) is 0 Å². The molecule has 1 atom stereocenters. The molecule has 0 bridgehead atoms. The van der Waals surface area contributed by atoms with Crippen molar-refractivity contribution in [1.29, 1.82) is 0 Å². The molecule has 1 amide bonds. The van der Waals surface area contributed by atoms with E-state index in [1.165, 1.54) is 11.3 Å². The molecule has 0 aliphatic heterocycles. The lowest BCUT2D eigenvalue weighted by Gasteiger charge is -2.05. The van der Waals surface area contributed by atoms with Gasteiger partial charge >= 0.3 is 0 Å². The third-order valence-corrected chi connectivity index (χ3v) is 3.65. The Morgan fingerprint density at radius 2 is 2.24 bits per heavy atom. The molecule has 1 unspecified atom stereocenters. The average molecular weight is 248 g/mol. The zero-order valence-corrected chi connectivity index (χ0v) is 10.6. The lowest BCUT2D eigenvalue weighted by molar-refractivity contribution is 0.0957. The second-order valence-corrected chi connectivity index (χ2v) is 5.25. The number of thiophene rings is 1. The molecule has 0 saturated heterocycles. The minimum absolute atomic E-state index is 0.00755. The molecule has 0 radical (unpaired) electrons. The standard InChI is InChI=1S/C13H16N2OS/c1-9(14)6-7-15-13(16)12-8-10-4-2-3-5-11(10)17-12/h2-5,8-9H,6-7,14H2,1H3,(H,15,16). The Hall–Kier alpha value is -1.39. The van der Waals surface area contributed by atoms with Gasteiger partial charge in [0.15, 0.2) is 0 Å². The van der Waals surface area contributed by atoms with Crippen LogP contribution in [0.1, 0.15) is 23.0 Å². The number of carbonyl (C=O) groups excluding carboxylic acids is 1. The summed E-state index contributed by atoms with van der Waals surface area (Å²) >= 11 is 1.52. The average Bonchev–Trinajstić information content (AvgIpc) is 2.71. The quantitative estimate of drug-likeness (QED) is 0.872. The van der Waals surface area contributed by atoms with Gasteiger partial charge in [-0.2, -0.15) is 0 Å². The summed E-state index contributed by atoms with van der Waals surface area (Å²) in [6.45, 7) is 2.57. The summed E-state index contributed by atoms with van der Waals surface area (Å²) in [5.41, 5.74) is 5.63. The van der Waals surface area contributed by atoms with Crippen LogP contribution in [0.15, 0.2) is 30.3 Å². The molecular formula is C13H16N2OS. The van der Waals surface area contributed by atoms with Gasteiger partial charge in [-0.15, -0.1) is 11.3 Å². The number of hydrogen-bond acceptors (Lipinski definition) is 3. The van der Waals surface area contributed by atoms with E-state index in [1.54, 1.807) is 0 Å². The van der Waals surface area contributed by atoms with Gasteiger partial charge in [0.25, 0.3) is 5.91 Å². The number of carbonyl (C=O) groups is 1. The monoisotopic (exact) mass is 248 g/mol. The number of nitrogens with two attached hydrogens (primary N) is 1. The maximum atomic E-state index is 11.9. The van der Waals surface area contributed by atoms with Gasteiger partial charge in [0.2, 0.25) is 0 Å². The molecule has 0 fully saturated rings. The number of rotatable bonds is 4. The maximum absolute atomic E-state index is 11.9. The number of benzene rings is 1. The Morgan fingerprint density at radius 3 is 2.94 bits per heavy atom. The fourth-order valence-corrected chi connectivity index (χ4v) is 2.57. The van der Waals surface area contributed by atoms with Crippen molar-refractivity contribution in [2.75, 3.05) is 6.54 Å². The highest BCUT2D eigenvalue weighted by atomic mass is 32.1. The van der Waals surface area contributed by atoms with Gasteiger partial charge in [-0.25, -0.2) is 0 Å². The van der Waals surface area contributed by atoms with Crippen LogP contribution < -0.4 is 11.1 Å². The van der Waals surface area contributed by atoms with Gasteiger partial charge in [-0.05, 0) is 30.9 Å². The number of hydrogen-bond donors (Lipinski definition) is 2. The van der Waals surface area contributed by atoms with Crippen molar-refractivity contribution in [2.45, 2.75) is 19.4 Å². The molecule has 0 spiro atoms. The summed E-state index contributed by atoms with van der Waals surface area (Å²) in [6, 6.07) is 10.1. The van der Waals surface area contributed by atoms with Crippen molar-refractivity contribution in [3.8, 4) is 0 Å². The van der Waals surface area contributed by atoms with E-state index < -0.39 is 0 Å². The zero-order valence-electron chi connectivity index (χ0n) is 9.77. The molecule has 4 heteroatoms. The number of fused-ring (bicyclic) bond motifs is 1. The first-order chi connectivity index (χ1) is 8.16. The molecule has 2 aromatic rings. The maximum Gasteiger partial charge on any atom is 0.261 e. The highest BCUT2D eigenvalue weighted by Crippen LogP contribution is 2.24. The highest BCUT2D eigenvalue weighted by Gasteiger charge is 2.09. The fourth-order valence-electron chi connectivity index (χ4n) is 1.59. The Kier molecular flexibility index (Phi) is 3.76. The van der Waals surface area contributed by atoms with Gasteiger partial charge in [-0.1, -0.05) is 18.2 Å². The van der Waals surface area contributed by atoms with Crippen LogP contribution in [0.2, 0.25) is 0 Å². The Bertz CT molecular complexity index is 486. The van der Waals surface area contributed by atoms with E-state index >= 15 is 0 Å². The molecule has 0 saturated carbocycles. The van der Waals surface area contributed by atoms with Crippen molar-refractivity contribution < 1.29 is 4.79 Å². The molecule has 90 valence electrons. The van der Waals surface area contributed by atoms with Crippen LogP contribution in [0.25, 0.3) is 10.1 Å². The second-order valence-electron chi connectivity index (χ2n) is 4.17. The predicted molar refractivity (Wildman–Crippen MR) is 72.4 cm³/mol. The van der Waals surface area contributed by atoms with Gasteiger partial charge < -0.3 is 11.1 Å². The number of nitrogens with one attached hydrogen (secondary N) is 1. The van der Waals surface area contributed by atoms with E-state index in [2.05, 4.69) is 5.32 Å². The van der Waals surface area contributed by atoms with E-state index in [0.717, 1.165) is 21.4 Å². The fraction of sp³-hybridized carbons (Fsp3) is 0.308. The van der Waals surface area contributed by atoms with Crippen molar-refractivity contribution in [2.24, 2.45) is 5.73 Å². The van der Waals surface area contributed by atoms with Crippen LogP contribution in [-0.4, -0.2) is 18.5 Å². The summed E-state index contributed by atoms with van der Waals surface area (Å²) in [4.78, 5) is 12.6. The van der Waals surface area contributed by atoms with Crippen molar-refractivity contribution in [1.82, 2.24) is 5.32 Å². The minimum Gasteiger partial charge on any atom is -0.351 e. The Morgan fingerprint density at radius 1 is 1.47 bits per heavy atom. The lowest BCUT2D eigenvalue weighted by atomic mass is 10.2. The van der Waals surface area contributed by atoms with Crippen molar-refractivity contribution in [3.05, 3.63) is 35.2 Å². The number of amides is 1. The Balaban J connectivity index is 2.04. The molecule has 0 aliphatic rings. The topological polar surface area (TPSA) is 55.1 Å². The van der Waals surface area contributed by atoms with Crippen LogP contribution in [0.5, 0.6) is 0 Å². The first kappa shape index (κ1) is 12.1. The summed E-state index contributed by atoms with van der Waals surface area (Å²) in [5.74, 6) is -0.00755. The van der Waals surface area contributed by atoms with E-state index in [-0.39, 0.29) is 11.9 Å². The van der Waals surface area contributed by atoms with Gasteiger partial charge in [0, 0.05) is 17.3 Å². The van der Waals surface area contributed by atoms with E-state index in [1.807, 2.05) is 37.3 Å². The summed E-state index contributed by atoms with van der Waals surface area (Å²) in [5, 5.41) is 4.00. The van der Waals surface area contributed by atoms with Crippen molar-refractivity contribution in [3.63, 3.8) is 0 Å². The predicted octanol–water partition coefficient (Wildman–Crippen LogP) is 2.37. The molecule has 1 aromatic heterocycles. The van der Waals surface area contributed by atoms with Crippen LogP contribution in [0, 0.1) is 0 Å². The second kappa shape index (κ2) is 5.29. The first-order valence-corrected chi connectivity index (χ1v) is 6.51. The highest BCUT2D eigenvalue weighted by molar-refractivity contribution is 7.20. The van der Waals surface area contributed by atoms with E-state index in [9.17, 15) is 4.79 Å². The zero-order chi connectivity index (χ0) is 12.3. The summed E-state index contributed by atoms with van der Waals surface area (Å²) in [6.07, 6.45) is 0.802. The smallest absolute Gasteiger partial charge is 0.261 e. The van der Waals surface area contributed by atoms with Gasteiger partial charge in [0.05, 0.1) is 4.88 Å². The van der Waals surface area contributed by atoms with Crippen molar-refractivity contribution >= 4 is 27.3 Å².